The molecule has 0 aromatic carbocycles. The summed E-state index contributed by atoms with van der Waals surface area (Å²) in [6, 6.07) is 4.03. The van der Waals surface area contributed by atoms with Crippen molar-refractivity contribution in [3.05, 3.63) is 23.2 Å². The van der Waals surface area contributed by atoms with E-state index in [-0.39, 0.29) is 12.0 Å². The number of nitrogens with one attached hydrogen (secondary N) is 1. The molecule has 1 saturated heterocycles. The highest BCUT2D eigenvalue weighted by Crippen LogP contribution is 2.27. The molecule has 2 aromatic heterocycles. The maximum atomic E-state index is 12.4. The number of amides is 1. The molecule has 3 heterocycles. The molecule has 5 nitrogen and oxygen atoms in total. The number of hydrogen-bond donors (Lipinski definition) is 1. The van der Waals surface area contributed by atoms with Crippen molar-refractivity contribution < 1.29 is 14.3 Å². The van der Waals surface area contributed by atoms with E-state index in [1.807, 2.05) is 6.07 Å². The Morgan fingerprint density at radius 1 is 1.55 bits per heavy atom. The van der Waals surface area contributed by atoms with Crippen LogP contribution in [0, 0.1) is 0 Å². The van der Waals surface area contributed by atoms with Gasteiger partial charge in [0.25, 0.3) is 5.91 Å². The quantitative estimate of drug-likeness (QED) is 0.832. The Bertz CT molecular complexity index is 628. The van der Waals surface area contributed by atoms with E-state index in [0.29, 0.717) is 18.8 Å². The van der Waals surface area contributed by atoms with Crippen LogP contribution in [0.3, 0.4) is 0 Å². The first-order valence-corrected chi connectivity index (χ1v) is 8.63. The molecule has 0 spiro atoms. The Kier molecular flexibility index (Phi) is 5.12. The predicted molar refractivity (Wildman–Crippen MR) is 87.6 cm³/mol. The van der Waals surface area contributed by atoms with Gasteiger partial charge in [-0.05, 0) is 36.8 Å². The smallest absolute Gasteiger partial charge is 0.268 e. The van der Waals surface area contributed by atoms with Crippen LogP contribution in [-0.2, 0) is 16.0 Å². The van der Waals surface area contributed by atoms with Gasteiger partial charge in [-0.15, -0.1) is 11.3 Å². The summed E-state index contributed by atoms with van der Waals surface area (Å²) in [5.74, 6) is -0.0451. The van der Waals surface area contributed by atoms with Gasteiger partial charge in [0.1, 0.15) is 10.5 Å². The monoisotopic (exact) mass is 322 g/mol. The number of fused-ring (bicyclic) bond motifs is 1. The normalized spacial score (nSPS) is 18.7. The molecule has 1 aliphatic heterocycles. The summed E-state index contributed by atoms with van der Waals surface area (Å²) >= 11 is 1.67. The standard InChI is InChI=1S/C16H22N2O3S/c1-20-8-6-17-15(19)14-10-12-5-9-22-16(12)18(14)11-13-4-2-3-7-21-13/h5,9-10,13H,2-4,6-8,11H2,1H3,(H,17,19). The van der Waals surface area contributed by atoms with Crippen molar-refractivity contribution in [3.63, 3.8) is 0 Å². The average molecular weight is 322 g/mol. The fourth-order valence-corrected chi connectivity index (χ4v) is 3.76. The number of rotatable bonds is 6. The first-order chi connectivity index (χ1) is 10.8. The van der Waals surface area contributed by atoms with Gasteiger partial charge in [0, 0.05) is 25.6 Å². The number of methoxy groups -OCH3 is 1. The van der Waals surface area contributed by atoms with Crippen LogP contribution in [0.15, 0.2) is 17.5 Å². The zero-order chi connectivity index (χ0) is 15.4. The number of carbonyl (C=O) groups excluding carboxylic acids is 1. The molecule has 2 aromatic rings. The van der Waals surface area contributed by atoms with Gasteiger partial charge in [0.2, 0.25) is 0 Å². The Labute approximate surface area is 134 Å². The van der Waals surface area contributed by atoms with Crippen molar-refractivity contribution in [3.8, 4) is 0 Å². The van der Waals surface area contributed by atoms with Gasteiger partial charge in [-0.3, -0.25) is 4.79 Å². The van der Waals surface area contributed by atoms with Crippen LogP contribution < -0.4 is 5.32 Å². The fraction of sp³-hybridized carbons (Fsp3) is 0.562. The molecular weight excluding hydrogens is 300 g/mol. The summed E-state index contributed by atoms with van der Waals surface area (Å²) in [6.45, 7) is 2.62. The summed E-state index contributed by atoms with van der Waals surface area (Å²) in [4.78, 5) is 13.6. The second kappa shape index (κ2) is 7.26. The maximum Gasteiger partial charge on any atom is 0.268 e. The fourth-order valence-electron chi connectivity index (χ4n) is 2.86. The van der Waals surface area contributed by atoms with E-state index < -0.39 is 0 Å². The third-order valence-corrected chi connectivity index (χ3v) is 4.94. The second-order valence-corrected chi connectivity index (χ2v) is 6.45. The molecule has 1 fully saturated rings. The highest BCUT2D eigenvalue weighted by Gasteiger charge is 2.21. The lowest BCUT2D eigenvalue weighted by molar-refractivity contribution is 0.00644. The SMILES string of the molecule is COCCNC(=O)c1cc2ccsc2n1CC1CCCCO1. The molecule has 1 N–H and O–H groups in total. The molecule has 0 radical (unpaired) electrons. The Morgan fingerprint density at radius 2 is 2.45 bits per heavy atom. The highest BCUT2D eigenvalue weighted by molar-refractivity contribution is 7.16. The zero-order valence-electron chi connectivity index (χ0n) is 12.8. The Hall–Kier alpha value is -1.37. The number of aromatic nitrogens is 1. The van der Waals surface area contributed by atoms with Gasteiger partial charge >= 0.3 is 0 Å². The minimum absolute atomic E-state index is 0.0451. The topological polar surface area (TPSA) is 52.5 Å². The summed E-state index contributed by atoms with van der Waals surface area (Å²) in [6.07, 6.45) is 3.61. The van der Waals surface area contributed by atoms with Crippen LogP contribution in [0.5, 0.6) is 0 Å². The van der Waals surface area contributed by atoms with Gasteiger partial charge in [0.15, 0.2) is 0 Å². The van der Waals surface area contributed by atoms with Crippen LogP contribution in [0.25, 0.3) is 10.2 Å². The average Bonchev–Trinajstić information content (AvgIpc) is 3.11. The maximum absolute atomic E-state index is 12.4. The van der Waals surface area contributed by atoms with Crippen molar-refractivity contribution in [1.29, 1.82) is 0 Å². The molecule has 1 atom stereocenters. The van der Waals surface area contributed by atoms with Crippen LogP contribution >= 0.6 is 11.3 Å². The van der Waals surface area contributed by atoms with E-state index in [4.69, 9.17) is 9.47 Å². The molecule has 0 bridgehead atoms. The van der Waals surface area contributed by atoms with Crippen molar-refractivity contribution in [2.45, 2.75) is 31.9 Å². The number of ether oxygens (including phenoxy) is 2. The molecule has 1 aliphatic rings. The summed E-state index contributed by atoms with van der Waals surface area (Å²) < 4.78 is 12.9. The molecule has 3 rings (SSSR count). The molecule has 1 amide bonds. The van der Waals surface area contributed by atoms with E-state index in [0.717, 1.165) is 36.2 Å². The largest absolute Gasteiger partial charge is 0.383 e. The van der Waals surface area contributed by atoms with Gasteiger partial charge in [-0.1, -0.05) is 0 Å². The van der Waals surface area contributed by atoms with E-state index in [9.17, 15) is 4.79 Å². The first-order valence-electron chi connectivity index (χ1n) is 7.75. The lowest BCUT2D eigenvalue weighted by Gasteiger charge is -2.24. The van der Waals surface area contributed by atoms with Crippen molar-refractivity contribution in [2.24, 2.45) is 0 Å². The second-order valence-electron chi connectivity index (χ2n) is 5.56. The molecule has 0 aliphatic carbocycles. The lowest BCUT2D eigenvalue weighted by Crippen LogP contribution is -2.31. The molecule has 22 heavy (non-hydrogen) atoms. The highest BCUT2D eigenvalue weighted by atomic mass is 32.1. The molecular formula is C16H22N2O3S. The number of thiophene rings is 1. The summed E-state index contributed by atoms with van der Waals surface area (Å²) in [7, 11) is 1.63. The Morgan fingerprint density at radius 3 is 3.23 bits per heavy atom. The lowest BCUT2D eigenvalue weighted by atomic mass is 10.1. The van der Waals surface area contributed by atoms with E-state index in [2.05, 4.69) is 21.3 Å². The summed E-state index contributed by atoms with van der Waals surface area (Å²) in [5.41, 5.74) is 0.715. The number of carbonyl (C=O) groups is 1. The zero-order valence-corrected chi connectivity index (χ0v) is 13.7. The number of nitrogens with zero attached hydrogens (tertiary/aromatic N) is 1. The third kappa shape index (κ3) is 3.34. The van der Waals surface area contributed by atoms with E-state index in [1.54, 1.807) is 18.4 Å². The van der Waals surface area contributed by atoms with Crippen molar-refractivity contribution in [2.75, 3.05) is 26.9 Å². The first kappa shape index (κ1) is 15.5. The minimum Gasteiger partial charge on any atom is -0.383 e. The van der Waals surface area contributed by atoms with Crippen molar-refractivity contribution in [1.82, 2.24) is 9.88 Å². The summed E-state index contributed by atoms with van der Waals surface area (Å²) in [5, 5.41) is 6.10. The van der Waals surface area contributed by atoms with Gasteiger partial charge in [-0.25, -0.2) is 0 Å². The van der Waals surface area contributed by atoms with Crippen LogP contribution in [0.2, 0.25) is 0 Å². The van der Waals surface area contributed by atoms with Crippen molar-refractivity contribution >= 4 is 27.5 Å². The van der Waals surface area contributed by atoms with Gasteiger partial charge < -0.3 is 19.4 Å². The molecule has 6 heteroatoms. The third-order valence-electron chi connectivity index (χ3n) is 3.99. The molecule has 0 saturated carbocycles. The van der Waals surface area contributed by atoms with Gasteiger partial charge in [0.05, 0.1) is 19.3 Å². The number of hydrogen-bond acceptors (Lipinski definition) is 4. The van der Waals surface area contributed by atoms with E-state index >= 15 is 0 Å². The molecule has 1 unspecified atom stereocenters. The van der Waals surface area contributed by atoms with E-state index in [1.165, 1.54) is 6.42 Å². The Balaban J connectivity index is 1.80. The minimum atomic E-state index is -0.0451. The van der Waals surface area contributed by atoms with Crippen LogP contribution in [0.1, 0.15) is 29.8 Å². The molecule has 120 valence electrons. The van der Waals surface area contributed by atoms with Crippen LogP contribution in [0.4, 0.5) is 0 Å². The predicted octanol–water partition coefficient (Wildman–Crippen LogP) is 2.65. The van der Waals surface area contributed by atoms with Gasteiger partial charge in [-0.2, -0.15) is 0 Å². The van der Waals surface area contributed by atoms with Crippen LogP contribution in [-0.4, -0.2) is 43.4 Å².